The molecule has 0 fully saturated rings. The number of nitrogens with zero attached hydrogens (tertiary/aromatic N) is 3. The fraction of sp³-hybridized carbons (Fsp3) is 0.294. The summed E-state index contributed by atoms with van der Waals surface area (Å²) >= 11 is 0. The Labute approximate surface area is 138 Å². The Balaban J connectivity index is 1.91. The molecule has 1 N–H and O–H groups in total. The van der Waals surface area contributed by atoms with Crippen LogP contribution in [-0.4, -0.2) is 20.8 Å². The van der Waals surface area contributed by atoms with Crippen molar-refractivity contribution in [2.24, 2.45) is 0 Å². The number of rotatable bonds is 3. The highest BCUT2D eigenvalue weighted by Crippen LogP contribution is 2.19. The number of aryl methyl sites for hydroxylation is 4. The third-order valence-electron chi connectivity index (χ3n) is 3.97. The first kappa shape index (κ1) is 15.9. The van der Waals surface area contributed by atoms with Gasteiger partial charge in [0.1, 0.15) is 12.3 Å². The summed E-state index contributed by atoms with van der Waals surface area (Å²) < 4.78 is 6.17. The molecular weight excluding hydrogens is 308 g/mol. The van der Waals surface area contributed by atoms with E-state index in [1.165, 1.54) is 0 Å². The maximum atomic E-state index is 12.4. The Bertz CT molecular complexity index is 981. The number of carbonyl (C=O) groups excluding carboxylic acids is 1. The van der Waals surface area contributed by atoms with E-state index in [9.17, 15) is 9.59 Å². The molecule has 0 unspecified atom stereocenters. The summed E-state index contributed by atoms with van der Waals surface area (Å²) in [4.78, 5) is 24.8. The first-order chi connectivity index (χ1) is 11.4. The molecule has 0 saturated heterocycles. The van der Waals surface area contributed by atoms with Gasteiger partial charge >= 0.3 is 0 Å². The maximum absolute atomic E-state index is 12.4. The van der Waals surface area contributed by atoms with Crippen molar-refractivity contribution in [2.45, 2.75) is 34.2 Å². The lowest BCUT2D eigenvalue weighted by atomic mass is 10.1. The summed E-state index contributed by atoms with van der Waals surface area (Å²) in [5.41, 5.74) is 3.03. The van der Waals surface area contributed by atoms with Crippen molar-refractivity contribution < 1.29 is 9.32 Å². The molecule has 0 aliphatic heterocycles. The molecule has 7 heteroatoms. The van der Waals surface area contributed by atoms with Crippen LogP contribution in [0.4, 0.5) is 5.69 Å². The largest absolute Gasteiger partial charge is 0.360 e. The minimum absolute atomic E-state index is 0.185. The minimum Gasteiger partial charge on any atom is -0.360 e. The molecule has 0 aliphatic rings. The number of nitrogens with one attached hydrogen (secondary N) is 1. The number of fused-ring (bicyclic) bond motifs is 1. The molecule has 0 saturated carbocycles. The van der Waals surface area contributed by atoms with Crippen LogP contribution in [0.25, 0.3) is 10.9 Å². The Kier molecular flexibility index (Phi) is 3.92. The Morgan fingerprint density at radius 3 is 2.54 bits per heavy atom. The first-order valence-corrected chi connectivity index (χ1v) is 7.58. The SMILES string of the molecule is Cc1cccc(C)c1NC(=O)Cn1nc(C)c2c(C)onc2c1=O. The van der Waals surface area contributed by atoms with Crippen LogP contribution in [0.3, 0.4) is 0 Å². The molecule has 0 aliphatic carbocycles. The van der Waals surface area contributed by atoms with E-state index in [-0.39, 0.29) is 18.0 Å². The van der Waals surface area contributed by atoms with Gasteiger partial charge < -0.3 is 9.84 Å². The number of hydrogen-bond acceptors (Lipinski definition) is 5. The average Bonchev–Trinajstić information content (AvgIpc) is 2.91. The van der Waals surface area contributed by atoms with E-state index in [0.717, 1.165) is 21.5 Å². The van der Waals surface area contributed by atoms with Crippen molar-refractivity contribution >= 4 is 22.5 Å². The molecule has 0 spiro atoms. The fourth-order valence-corrected chi connectivity index (χ4v) is 2.78. The van der Waals surface area contributed by atoms with E-state index in [4.69, 9.17) is 4.52 Å². The van der Waals surface area contributed by atoms with Crippen LogP contribution >= 0.6 is 0 Å². The average molecular weight is 326 g/mol. The monoisotopic (exact) mass is 326 g/mol. The van der Waals surface area contributed by atoms with E-state index in [2.05, 4.69) is 15.6 Å². The molecule has 24 heavy (non-hydrogen) atoms. The third kappa shape index (κ3) is 2.68. The van der Waals surface area contributed by atoms with E-state index in [0.29, 0.717) is 16.8 Å². The zero-order chi connectivity index (χ0) is 17.4. The predicted molar refractivity (Wildman–Crippen MR) is 90.1 cm³/mol. The Morgan fingerprint density at radius 2 is 1.88 bits per heavy atom. The molecule has 1 aromatic carbocycles. The molecule has 3 aromatic rings. The highest BCUT2D eigenvalue weighted by atomic mass is 16.5. The van der Waals surface area contributed by atoms with Crippen molar-refractivity contribution in [1.82, 2.24) is 14.9 Å². The smallest absolute Gasteiger partial charge is 0.297 e. The quantitative estimate of drug-likeness (QED) is 0.797. The summed E-state index contributed by atoms with van der Waals surface area (Å²) in [5, 5.41) is 11.4. The summed E-state index contributed by atoms with van der Waals surface area (Å²) in [6.45, 7) is 7.13. The summed E-state index contributed by atoms with van der Waals surface area (Å²) in [6, 6.07) is 5.76. The lowest BCUT2D eigenvalue weighted by Gasteiger charge is -2.12. The van der Waals surface area contributed by atoms with Gasteiger partial charge in [-0.2, -0.15) is 5.10 Å². The van der Waals surface area contributed by atoms with Crippen molar-refractivity contribution in [3.05, 3.63) is 51.1 Å². The van der Waals surface area contributed by atoms with Gasteiger partial charge in [0.25, 0.3) is 5.56 Å². The van der Waals surface area contributed by atoms with Crippen LogP contribution in [0.15, 0.2) is 27.5 Å². The topological polar surface area (TPSA) is 90.0 Å². The Hall–Kier alpha value is -2.96. The van der Waals surface area contributed by atoms with Gasteiger partial charge in [0.15, 0.2) is 5.52 Å². The highest BCUT2D eigenvalue weighted by Gasteiger charge is 2.17. The second kappa shape index (κ2) is 5.92. The van der Waals surface area contributed by atoms with Crippen LogP contribution in [0, 0.1) is 27.7 Å². The number of hydrogen-bond donors (Lipinski definition) is 1. The van der Waals surface area contributed by atoms with Gasteiger partial charge in [-0.3, -0.25) is 9.59 Å². The molecule has 2 heterocycles. The zero-order valence-electron chi connectivity index (χ0n) is 14.0. The van der Waals surface area contributed by atoms with Gasteiger partial charge in [-0.15, -0.1) is 0 Å². The summed E-state index contributed by atoms with van der Waals surface area (Å²) in [7, 11) is 0. The van der Waals surface area contributed by atoms with Crippen LogP contribution in [-0.2, 0) is 11.3 Å². The molecule has 7 nitrogen and oxygen atoms in total. The normalized spacial score (nSPS) is 11.0. The zero-order valence-corrected chi connectivity index (χ0v) is 14.0. The molecule has 0 atom stereocenters. The van der Waals surface area contributed by atoms with Gasteiger partial charge in [0, 0.05) is 5.69 Å². The van der Waals surface area contributed by atoms with E-state index >= 15 is 0 Å². The van der Waals surface area contributed by atoms with E-state index in [1.807, 2.05) is 32.0 Å². The summed E-state index contributed by atoms with van der Waals surface area (Å²) in [5.74, 6) is 0.222. The van der Waals surface area contributed by atoms with Crippen molar-refractivity contribution in [2.75, 3.05) is 5.32 Å². The number of aromatic nitrogens is 3. The van der Waals surface area contributed by atoms with Gasteiger partial charge in [0.2, 0.25) is 5.91 Å². The fourth-order valence-electron chi connectivity index (χ4n) is 2.78. The van der Waals surface area contributed by atoms with E-state index < -0.39 is 5.56 Å². The van der Waals surface area contributed by atoms with Crippen LogP contribution < -0.4 is 10.9 Å². The lowest BCUT2D eigenvalue weighted by Crippen LogP contribution is -2.30. The second-order valence-corrected chi connectivity index (χ2v) is 5.83. The molecule has 0 bridgehead atoms. The number of benzene rings is 1. The van der Waals surface area contributed by atoms with Crippen LogP contribution in [0.5, 0.6) is 0 Å². The van der Waals surface area contributed by atoms with Crippen molar-refractivity contribution in [1.29, 1.82) is 0 Å². The van der Waals surface area contributed by atoms with Crippen LogP contribution in [0.1, 0.15) is 22.6 Å². The number of para-hydroxylation sites is 1. The standard InChI is InChI=1S/C17H18N4O3/c1-9-6-5-7-10(2)15(9)18-13(22)8-21-17(23)16-14(11(3)19-21)12(4)24-20-16/h5-7H,8H2,1-4H3,(H,18,22). The molecule has 0 radical (unpaired) electrons. The third-order valence-corrected chi connectivity index (χ3v) is 3.97. The molecule has 124 valence electrons. The molecular formula is C17H18N4O3. The van der Waals surface area contributed by atoms with Gasteiger partial charge in [0.05, 0.1) is 11.1 Å². The first-order valence-electron chi connectivity index (χ1n) is 7.58. The van der Waals surface area contributed by atoms with Gasteiger partial charge in [-0.05, 0) is 38.8 Å². The highest BCUT2D eigenvalue weighted by molar-refractivity contribution is 5.92. The van der Waals surface area contributed by atoms with Crippen molar-refractivity contribution in [3.8, 4) is 0 Å². The molecule has 2 aromatic heterocycles. The number of carbonyl (C=O) groups is 1. The van der Waals surface area contributed by atoms with Gasteiger partial charge in [-0.25, -0.2) is 4.68 Å². The van der Waals surface area contributed by atoms with Crippen LogP contribution in [0.2, 0.25) is 0 Å². The number of amides is 1. The van der Waals surface area contributed by atoms with Crippen molar-refractivity contribution in [3.63, 3.8) is 0 Å². The number of anilines is 1. The second-order valence-electron chi connectivity index (χ2n) is 5.83. The summed E-state index contributed by atoms with van der Waals surface area (Å²) in [6.07, 6.45) is 0. The lowest BCUT2D eigenvalue weighted by molar-refractivity contribution is -0.117. The van der Waals surface area contributed by atoms with Gasteiger partial charge in [-0.1, -0.05) is 23.4 Å². The minimum atomic E-state index is -0.441. The molecule has 1 amide bonds. The predicted octanol–water partition coefficient (Wildman–Crippen LogP) is 2.26. The molecule has 3 rings (SSSR count). The Morgan fingerprint density at radius 1 is 1.21 bits per heavy atom. The maximum Gasteiger partial charge on any atom is 0.297 e. The van der Waals surface area contributed by atoms with E-state index in [1.54, 1.807) is 13.8 Å².